The zero-order valence-electron chi connectivity index (χ0n) is 17.5. The monoisotopic (exact) mass is 446 g/mol. The SMILES string of the molecule is CCOc1ccc(N2C(=O)c3ccc(C(=O)NCCSc4ccccc4)cc3C2=O)cc1. The summed E-state index contributed by atoms with van der Waals surface area (Å²) in [6, 6.07) is 21.3. The molecule has 1 N–H and O–H groups in total. The summed E-state index contributed by atoms with van der Waals surface area (Å²) in [5.41, 5.74) is 1.34. The number of rotatable bonds is 8. The zero-order valence-corrected chi connectivity index (χ0v) is 18.4. The van der Waals surface area contributed by atoms with Crippen molar-refractivity contribution in [2.75, 3.05) is 23.8 Å². The maximum atomic E-state index is 12.9. The second-order valence-corrected chi connectivity index (χ2v) is 8.22. The number of anilines is 1. The van der Waals surface area contributed by atoms with Crippen molar-refractivity contribution in [3.05, 3.63) is 89.5 Å². The van der Waals surface area contributed by atoms with E-state index in [2.05, 4.69) is 5.32 Å². The quantitative estimate of drug-likeness (QED) is 0.315. The van der Waals surface area contributed by atoms with E-state index in [4.69, 9.17) is 4.74 Å². The fourth-order valence-corrected chi connectivity index (χ4v) is 4.22. The minimum atomic E-state index is -0.441. The van der Waals surface area contributed by atoms with Gasteiger partial charge in [0.25, 0.3) is 17.7 Å². The molecule has 1 aliphatic rings. The topological polar surface area (TPSA) is 75.7 Å². The number of nitrogens with one attached hydrogen (secondary N) is 1. The van der Waals surface area contributed by atoms with Gasteiger partial charge in [0.2, 0.25) is 0 Å². The summed E-state index contributed by atoms with van der Waals surface area (Å²) in [5, 5.41) is 2.86. The van der Waals surface area contributed by atoms with Crippen molar-refractivity contribution in [3.8, 4) is 5.75 Å². The highest BCUT2D eigenvalue weighted by atomic mass is 32.2. The van der Waals surface area contributed by atoms with E-state index in [1.54, 1.807) is 42.1 Å². The van der Waals surface area contributed by atoms with E-state index in [1.165, 1.54) is 12.1 Å². The number of imide groups is 1. The molecule has 162 valence electrons. The first kappa shape index (κ1) is 21.6. The van der Waals surface area contributed by atoms with Gasteiger partial charge in [0.15, 0.2) is 0 Å². The van der Waals surface area contributed by atoms with Gasteiger partial charge in [-0.25, -0.2) is 4.90 Å². The van der Waals surface area contributed by atoms with Crippen molar-refractivity contribution in [1.29, 1.82) is 0 Å². The summed E-state index contributed by atoms with van der Waals surface area (Å²) in [4.78, 5) is 40.6. The lowest BCUT2D eigenvalue weighted by molar-refractivity contribution is 0.0923. The Morgan fingerprint density at radius 1 is 0.938 bits per heavy atom. The van der Waals surface area contributed by atoms with Crippen LogP contribution in [0, 0.1) is 0 Å². The molecule has 0 aromatic heterocycles. The Balaban J connectivity index is 1.42. The van der Waals surface area contributed by atoms with Gasteiger partial charge in [-0.3, -0.25) is 14.4 Å². The number of carbonyl (C=O) groups excluding carboxylic acids is 3. The Bertz CT molecular complexity index is 1150. The van der Waals surface area contributed by atoms with E-state index in [9.17, 15) is 14.4 Å². The molecule has 3 amide bonds. The highest BCUT2D eigenvalue weighted by molar-refractivity contribution is 7.99. The van der Waals surface area contributed by atoms with Crippen molar-refractivity contribution in [2.24, 2.45) is 0 Å². The molecule has 4 rings (SSSR count). The third-order valence-corrected chi connectivity index (χ3v) is 5.97. The van der Waals surface area contributed by atoms with Crippen molar-refractivity contribution in [3.63, 3.8) is 0 Å². The van der Waals surface area contributed by atoms with Gasteiger partial charge in [-0.1, -0.05) is 18.2 Å². The summed E-state index contributed by atoms with van der Waals surface area (Å²) >= 11 is 1.65. The number of benzene rings is 3. The van der Waals surface area contributed by atoms with Crippen LogP contribution in [0.1, 0.15) is 38.0 Å². The fraction of sp³-hybridized carbons (Fsp3) is 0.160. The normalized spacial score (nSPS) is 12.6. The molecule has 0 bridgehead atoms. The Labute approximate surface area is 190 Å². The predicted octanol–water partition coefficient (Wildman–Crippen LogP) is 4.41. The molecule has 32 heavy (non-hydrogen) atoms. The number of nitrogens with zero attached hydrogens (tertiary/aromatic N) is 1. The Morgan fingerprint density at radius 2 is 1.66 bits per heavy atom. The molecule has 0 spiro atoms. The molecule has 0 aliphatic carbocycles. The van der Waals surface area contributed by atoms with Gasteiger partial charge in [0.05, 0.1) is 23.4 Å². The lowest BCUT2D eigenvalue weighted by atomic mass is 10.1. The molecule has 0 saturated heterocycles. The average Bonchev–Trinajstić information content (AvgIpc) is 3.07. The number of amides is 3. The second kappa shape index (κ2) is 9.70. The molecule has 3 aromatic rings. The van der Waals surface area contributed by atoms with Crippen molar-refractivity contribution < 1.29 is 19.1 Å². The molecule has 1 aliphatic heterocycles. The summed E-state index contributed by atoms with van der Waals surface area (Å²) in [6.07, 6.45) is 0. The molecular weight excluding hydrogens is 424 g/mol. The summed E-state index contributed by atoms with van der Waals surface area (Å²) in [6.45, 7) is 2.90. The lowest BCUT2D eigenvalue weighted by Gasteiger charge is -2.14. The standard InChI is InChI=1S/C25H22N2O4S/c1-2-31-19-11-9-18(10-12-19)27-24(29)21-13-8-17(16-22(21)25(27)30)23(28)26-14-15-32-20-6-4-3-5-7-20/h3-13,16H,2,14-15H2,1H3,(H,26,28). The molecule has 0 fully saturated rings. The van der Waals surface area contributed by atoms with Gasteiger partial charge in [-0.2, -0.15) is 0 Å². The minimum absolute atomic E-state index is 0.232. The number of ether oxygens (including phenoxy) is 1. The van der Waals surface area contributed by atoms with Crippen LogP contribution in [0.25, 0.3) is 0 Å². The maximum Gasteiger partial charge on any atom is 0.266 e. The van der Waals surface area contributed by atoms with Crippen molar-refractivity contribution in [2.45, 2.75) is 11.8 Å². The van der Waals surface area contributed by atoms with Crippen LogP contribution in [0.2, 0.25) is 0 Å². The van der Waals surface area contributed by atoms with Gasteiger partial charge in [0.1, 0.15) is 5.75 Å². The first-order valence-corrected chi connectivity index (χ1v) is 11.3. The van der Waals surface area contributed by atoms with Gasteiger partial charge < -0.3 is 10.1 Å². The Morgan fingerprint density at radius 3 is 2.38 bits per heavy atom. The molecule has 0 radical (unpaired) electrons. The predicted molar refractivity (Wildman–Crippen MR) is 125 cm³/mol. The maximum absolute atomic E-state index is 12.9. The highest BCUT2D eigenvalue weighted by Crippen LogP contribution is 2.30. The fourth-order valence-electron chi connectivity index (χ4n) is 3.43. The third kappa shape index (κ3) is 4.53. The van der Waals surface area contributed by atoms with Crippen molar-refractivity contribution >= 4 is 35.2 Å². The van der Waals surface area contributed by atoms with Gasteiger partial charge in [-0.15, -0.1) is 11.8 Å². The first-order valence-electron chi connectivity index (χ1n) is 10.3. The van der Waals surface area contributed by atoms with Gasteiger partial charge >= 0.3 is 0 Å². The van der Waals surface area contributed by atoms with Crippen LogP contribution >= 0.6 is 11.8 Å². The van der Waals surface area contributed by atoms with Crippen LogP contribution < -0.4 is 15.0 Å². The molecule has 0 unspecified atom stereocenters. The van der Waals surface area contributed by atoms with Crippen molar-refractivity contribution in [1.82, 2.24) is 5.32 Å². The Hall–Kier alpha value is -3.58. The van der Waals surface area contributed by atoms with Crippen LogP contribution in [0.5, 0.6) is 5.75 Å². The zero-order chi connectivity index (χ0) is 22.5. The molecule has 1 heterocycles. The molecule has 6 nitrogen and oxygen atoms in total. The van der Waals surface area contributed by atoms with E-state index in [-0.39, 0.29) is 11.5 Å². The first-order chi connectivity index (χ1) is 15.6. The molecule has 7 heteroatoms. The van der Waals surface area contributed by atoms with Gasteiger partial charge in [-0.05, 0) is 61.5 Å². The van der Waals surface area contributed by atoms with E-state index >= 15 is 0 Å². The third-order valence-electron chi connectivity index (χ3n) is 4.95. The smallest absolute Gasteiger partial charge is 0.266 e. The summed E-state index contributed by atoms with van der Waals surface area (Å²) in [5.74, 6) is 0.270. The number of thioether (sulfide) groups is 1. The number of hydrogen-bond acceptors (Lipinski definition) is 5. The van der Waals surface area contributed by atoms with E-state index < -0.39 is 11.8 Å². The Kier molecular flexibility index (Phi) is 6.56. The molecule has 3 aromatic carbocycles. The van der Waals surface area contributed by atoms with Crippen LogP contribution in [0.15, 0.2) is 77.7 Å². The highest BCUT2D eigenvalue weighted by Gasteiger charge is 2.37. The molecule has 0 saturated carbocycles. The lowest BCUT2D eigenvalue weighted by Crippen LogP contribution is -2.29. The van der Waals surface area contributed by atoms with Crippen LogP contribution in [-0.4, -0.2) is 36.6 Å². The molecule has 0 atom stereocenters. The van der Waals surface area contributed by atoms with Crippen LogP contribution in [0.3, 0.4) is 0 Å². The summed E-state index contributed by atoms with van der Waals surface area (Å²) < 4.78 is 5.41. The molecular formula is C25H22N2O4S. The van der Waals surface area contributed by atoms with E-state index in [0.29, 0.717) is 35.7 Å². The van der Waals surface area contributed by atoms with E-state index in [0.717, 1.165) is 15.5 Å². The number of carbonyl (C=O) groups is 3. The average molecular weight is 447 g/mol. The second-order valence-electron chi connectivity index (χ2n) is 7.05. The summed E-state index contributed by atoms with van der Waals surface area (Å²) in [7, 11) is 0. The van der Waals surface area contributed by atoms with E-state index in [1.807, 2.05) is 37.3 Å². The largest absolute Gasteiger partial charge is 0.494 e. The van der Waals surface area contributed by atoms with Crippen LogP contribution in [0.4, 0.5) is 5.69 Å². The minimum Gasteiger partial charge on any atom is -0.494 e. The van der Waals surface area contributed by atoms with Gasteiger partial charge in [0, 0.05) is 22.8 Å². The number of hydrogen-bond donors (Lipinski definition) is 1. The number of fused-ring (bicyclic) bond motifs is 1. The van der Waals surface area contributed by atoms with Crippen LogP contribution in [-0.2, 0) is 0 Å².